The number of hydrogen-bond donors (Lipinski definition) is 0. The van der Waals surface area contributed by atoms with Gasteiger partial charge in [-0.05, 0) is 115 Å². The molecule has 0 saturated carbocycles. The summed E-state index contributed by atoms with van der Waals surface area (Å²) in [5.74, 6) is 0. The first-order valence-electron chi connectivity index (χ1n) is 21.3. The summed E-state index contributed by atoms with van der Waals surface area (Å²) in [4.78, 5) is 2.52. The molecular weight excluding hydrogens is 737 g/mol. The van der Waals surface area contributed by atoms with Crippen molar-refractivity contribution in [2.45, 2.75) is 19.3 Å². The Hall–Kier alpha value is -7.68. The molecule has 0 fully saturated rings. The van der Waals surface area contributed by atoms with Crippen molar-refractivity contribution in [3.8, 4) is 39.1 Å². The lowest BCUT2D eigenvalue weighted by molar-refractivity contribution is 0.660. The fraction of sp³-hybridized carbons (Fsp3) is 0.0508. The summed E-state index contributed by atoms with van der Waals surface area (Å²) in [6.45, 7) is 4.74. The van der Waals surface area contributed by atoms with E-state index in [1.807, 2.05) is 0 Å². The number of fused-ring (bicyclic) bond motifs is 9. The molecule has 0 aliphatic heterocycles. The van der Waals surface area contributed by atoms with Crippen molar-refractivity contribution in [1.82, 2.24) is 4.57 Å². The summed E-state index contributed by atoms with van der Waals surface area (Å²) < 4.78 is 2.49. The van der Waals surface area contributed by atoms with Gasteiger partial charge in [-0.1, -0.05) is 178 Å². The zero-order valence-corrected chi connectivity index (χ0v) is 34.2. The second kappa shape index (κ2) is 13.7. The molecule has 2 heteroatoms. The molecule has 0 bridgehead atoms. The Balaban J connectivity index is 1.22. The normalized spacial score (nSPS) is 12.9. The number of anilines is 3. The minimum Gasteiger partial charge on any atom is -0.310 e. The topological polar surface area (TPSA) is 8.17 Å². The van der Waals surface area contributed by atoms with Crippen molar-refractivity contribution >= 4 is 60.4 Å². The third-order valence-corrected chi connectivity index (χ3v) is 13.2. The molecule has 2 nitrogen and oxygen atoms in total. The van der Waals surface area contributed by atoms with Gasteiger partial charge in [0.25, 0.3) is 0 Å². The summed E-state index contributed by atoms with van der Waals surface area (Å²) in [6, 6.07) is 80.7. The summed E-state index contributed by atoms with van der Waals surface area (Å²) in [6.07, 6.45) is 0. The highest BCUT2D eigenvalue weighted by molar-refractivity contribution is 6.17. The molecule has 0 spiro atoms. The van der Waals surface area contributed by atoms with E-state index in [1.165, 1.54) is 87.9 Å². The predicted octanol–water partition coefficient (Wildman–Crippen LogP) is 16.2. The third-order valence-electron chi connectivity index (χ3n) is 13.2. The average Bonchev–Trinajstić information content (AvgIpc) is 3.77. The molecular formula is C59H42N2. The lowest BCUT2D eigenvalue weighted by Crippen LogP contribution is -2.17. The van der Waals surface area contributed by atoms with Gasteiger partial charge in [0.1, 0.15) is 0 Å². The molecule has 288 valence electrons. The van der Waals surface area contributed by atoms with Gasteiger partial charge in [0.15, 0.2) is 0 Å². The Kier molecular flexibility index (Phi) is 7.92. The highest BCUT2D eigenvalue weighted by Gasteiger charge is 2.36. The summed E-state index contributed by atoms with van der Waals surface area (Å²) in [5.41, 5.74) is 16.7. The Labute approximate surface area is 356 Å². The van der Waals surface area contributed by atoms with E-state index >= 15 is 0 Å². The van der Waals surface area contributed by atoms with Gasteiger partial charge in [-0.25, -0.2) is 0 Å². The van der Waals surface area contributed by atoms with Crippen molar-refractivity contribution in [1.29, 1.82) is 0 Å². The maximum Gasteiger partial charge on any atom is 0.0561 e. The van der Waals surface area contributed by atoms with Crippen LogP contribution < -0.4 is 4.90 Å². The van der Waals surface area contributed by atoms with E-state index in [4.69, 9.17) is 0 Å². The van der Waals surface area contributed by atoms with Crippen molar-refractivity contribution in [2.24, 2.45) is 0 Å². The Bertz CT molecular complexity index is 3460. The van der Waals surface area contributed by atoms with Crippen molar-refractivity contribution in [3.05, 3.63) is 230 Å². The van der Waals surface area contributed by atoms with Crippen molar-refractivity contribution in [3.63, 3.8) is 0 Å². The molecule has 0 N–H and O–H groups in total. The highest BCUT2D eigenvalue weighted by Crippen LogP contribution is 2.53. The van der Waals surface area contributed by atoms with Gasteiger partial charge in [-0.15, -0.1) is 0 Å². The van der Waals surface area contributed by atoms with Crippen LogP contribution in [-0.2, 0) is 5.41 Å². The Morgan fingerprint density at radius 2 is 0.967 bits per heavy atom. The second-order valence-electron chi connectivity index (χ2n) is 16.9. The van der Waals surface area contributed by atoms with Gasteiger partial charge in [0.05, 0.1) is 22.4 Å². The molecule has 0 radical (unpaired) electrons. The molecule has 1 heterocycles. The predicted molar refractivity (Wildman–Crippen MR) is 259 cm³/mol. The Morgan fingerprint density at radius 3 is 1.75 bits per heavy atom. The molecule has 0 unspecified atom stereocenters. The Morgan fingerprint density at radius 1 is 0.377 bits per heavy atom. The SMILES string of the molecule is CC1(C)c2ccccc2-c2ccc(N(c3cccc(-c4ccccc4)c3)c3cccc(-n4c5ccccc5c5ccccc54)c3-c3cc4ccccc4c4ccccc34)cc21. The van der Waals surface area contributed by atoms with Crippen LogP contribution in [0.3, 0.4) is 0 Å². The second-order valence-corrected chi connectivity index (χ2v) is 16.9. The van der Waals surface area contributed by atoms with Crippen LogP contribution in [0.4, 0.5) is 17.1 Å². The fourth-order valence-electron chi connectivity index (χ4n) is 10.3. The molecule has 1 aliphatic rings. The van der Waals surface area contributed by atoms with E-state index in [2.05, 4.69) is 242 Å². The summed E-state index contributed by atoms with van der Waals surface area (Å²) >= 11 is 0. The zero-order chi connectivity index (χ0) is 40.7. The smallest absolute Gasteiger partial charge is 0.0561 e. The van der Waals surface area contributed by atoms with Gasteiger partial charge in [-0.2, -0.15) is 0 Å². The van der Waals surface area contributed by atoms with Crippen LogP contribution in [0.1, 0.15) is 25.0 Å². The first-order valence-corrected chi connectivity index (χ1v) is 21.3. The minimum absolute atomic E-state index is 0.165. The number of para-hydroxylation sites is 2. The molecule has 1 aromatic heterocycles. The molecule has 0 saturated heterocycles. The zero-order valence-electron chi connectivity index (χ0n) is 34.2. The number of rotatable bonds is 6. The van der Waals surface area contributed by atoms with E-state index in [1.54, 1.807) is 0 Å². The van der Waals surface area contributed by atoms with Crippen LogP contribution >= 0.6 is 0 Å². The highest BCUT2D eigenvalue weighted by atomic mass is 15.1. The van der Waals surface area contributed by atoms with Gasteiger partial charge in [-0.3, -0.25) is 0 Å². The molecule has 0 atom stereocenters. The molecule has 12 rings (SSSR count). The number of nitrogens with zero attached hydrogens (tertiary/aromatic N) is 2. The van der Waals surface area contributed by atoms with E-state index in [-0.39, 0.29) is 5.41 Å². The first kappa shape index (κ1) is 35.3. The maximum absolute atomic E-state index is 2.52. The molecule has 0 amide bonds. The van der Waals surface area contributed by atoms with Crippen LogP contribution in [0.5, 0.6) is 0 Å². The monoisotopic (exact) mass is 778 g/mol. The lowest BCUT2D eigenvalue weighted by Gasteiger charge is -2.31. The largest absolute Gasteiger partial charge is 0.310 e. The van der Waals surface area contributed by atoms with Gasteiger partial charge >= 0.3 is 0 Å². The molecule has 61 heavy (non-hydrogen) atoms. The quantitative estimate of drug-likeness (QED) is 0.153. The van der Waals surface area contributed by atoms with Crippen LogP contribution in [0.2, 0.25) is 0 Å². The van der Waals surface area contributed by atoms with Crippen LogP contribution in [0.25, 0.3) is 82.4 Å². The van der Waals surface area contributed by atoms with Crippen LogP contribution in [0, 0.1) is 0 Å². The fourth-order valence-corrected chi connectivity index (χ4v) is 10.3. The number of aromatic nitrogens is 1. The first-order chi connectivity index (χ1) is 30.0. The van der Waals surface area contributed by atoms with E-state index in [0.717, 1.165) is 22.7 Å². The van der Waals surface area contributed by atoms with Gasteiger partial charge < -0.3 is 9.47 Å². The molecule has 11 aromatic rings. The summed E-state index contributed by atoms with van der Waals surface area (Å²) in [5, 5.41) is 7.42. The maximum atomic E-state index is 2.52. The van der Waals surface area contributed by atoms with Crippen molar-refractivity contribution in [2.75, 3.05) is 4.90 Å². The van der Waals surface area contributed by atoms with Gasteiger partial charge in [0.2, 0.25) is 0 Å². The van der Waals surface area contributed by atoms with Gasteiger partial charge in [0, 0.05) is 33.1 Å². The van der Waals surface area contributed by atoms with Crippen molar-refractivity contribution < 1.29 is 0 Å². The minimum atomic E-state index is -0.165. The number of benzene rings is 10. The lowest BCUT2D eigenvalue weighted by atomic mass is 9.82. The molecule has 10 aromatic carbocycles. The van der Waals surface area contributed by atoms with E-state index in [9.17, 15) is 0 Å². The third kappa shape index (κ3) is 5.42. The number of hydrogen-bond acceptors (Lipinski definition) is 1. The molecule has 1 aliphatic carbocycles. The summed E-state index contributed by atoms with van der Waals surface area (Å²) in [7, 11) is 0. The van der Waals surface area contributed by atoms with E-state index in [0.29, 0.717) is 0 Å². The van der Waals surface area contributed by atoms with E-state index < -0.39 is 0 Å². The van der Waals surface area contributed by atoms with Crippen LogP contribution in [-0.4, -0.2) is 4.57 Å². The van der Waals surface area contributed by atoms with Crippen LogP contribution in [0.15, 0.2) is 218 Å². The standard InChI is InChI=1S/C59H42N2/c1-59(2)52-29-13-10-26-47(52)48-35-34-43(38-53(48)59)60(42-22-16-21-40(36-42)39-18-4-3-5-19-39)56-32-17-33-57(61-54-30-14-11-27-49(54)50-28-12-15-31-55(50)61)58(56)51-37-41-20-6-7-23-44(41)45-24-8-9-25-46(45)51/h3-38H,1-2H3. The average molecular weight is 779 g/mol.